The Hall–Kier alpha value is -0.358. The number of aliphatic hydroxyl groups is 1. The molecule has 1 aromatic heterocycles. The van der Waals surface area contributed by atoms with Gasteiger partial charge in [-0.05, 0) is 11.6 Å². The highest BCUT2D eigenvalue weighted by Crippen LogP contribution is 1.91. The largest absolute Gasteiger partial charge is 0.392 e. The van der Waals surface area contributed by atoms with Gasteiger partial charge in [0.05, 0.1) is 6.61 Å². The summed E-state index contributed by atoms with van der Waals surface area (Å²) in [5.41, 5.74) is 0.898. The molecule has 2 radical (unpaired) electrons. The molecular weight excluding hydrogens is 129 g/mol. The van der Waals surface area contributed by atoms with Crippen molar-refractivity contribution >= 4 is 20.8 Å². The van der Waals surface area contributed by atoms with Crippen molar-refractivity contribution in [2.75, 3.05) is 0 Å². The van der Waals surface area contributed by atoms with E-state index in [-0.39, 0.29) is 6.61 Å². The molecule has 1 aromatic rings. The molecule has 0 fully saturated rings. The highest BCUT2D eigenvalue weighted by molar-refractivity contribution is 6.30. The standard InChI is InChI=1S/C6H6NO.Al/c8-5-6-1-3-7-4-2-6;/h1-3,8H,5H2;. The molecule has 0 aliphatic carbocycles. The van der Waals surface area contributed by atoms with Gasteiger partial charge in [-0.1, -0.05) is 10.6 Å². The average Bonchev–Trinajstić information content (AvgIpc) is 1.88. The third-order valence-electron chi connectivity index (χ3n) is 1.03. The first-order valence-corrected chi connectivity index (χ1v) is 3.22. The lowest BCUT2D eigenvalue weighted by molar-refractivity contribution is 0.282. The molecule has 1 heterocycles. The van der Waals surface area contributed by atoms with Gasteiger partial charge in [0.15, 0.2) is 0 Å². The number of pyridine rings is 1. The van der Waals surface area contributed by atoms with E-state index < -0.39 is 0 Å². The van der Waals surface area contributed by atoms with Gasteiger partial charge >= 0.3 is 0 Å². The maximum absolute atomic E-state index is 8.62. The molecule has 1 rings (SSSR count). The first-order chi connectivity index (χ1) is 4.33. The summed E-state index contributed by atoms with van der Waals surface area (Å²) in [6.45, 7) is 0.0872. The number of hydrogen-bond donors (Lipinski definition) is 1. The Bertz CT molecular complexity index is 202. The molecule has 0 saturated carbocycles. The summed E-state index contributed by atoms with van der Waals surface area (Å²) >= 11 is 2.47. The van der Waals surface area contributed by atoms with E-state index in [4.69, 9.17) is 5.11 Å². The zero-order valence-corrected chi connectivity index (χ0v) is 6.07. The fraction of sp³-hybridized carbons (Fsp3) is 0.167. The van der Waals surface area contributed by atoms with Crippen molar-refractivity contribution in [2.45, 2.75) is 6.61 Å². The van der Waals surface area contributed by atoms with Gasteiger partial charge in [-0.3, -0.25) is 4.98 Å². The molecule has 0 bridgehead atoms. The molecule has 0 aliphatic heterocycles. The van der Waals surface area contributed by atoms with Crippen LogP contribution in [-0.2, 0) is 6.61 Å². The highest BCUT2D eigenvalue weighted by atomic mass is 27.0. The number of rotatable bonds is 1. The molecule has 0 aromatic carbocycles. The molecule has 0 saturated heterocycles. The van der Waals surface area contributed by atoms with E-state index in [1.54, 1.807) is 12.3 Å². The SMILES string of the molecule is OCc1ccn[c]([Al])c1. The van der Waals surface area contributed by atoms with E-state index in [0.717, 1.165) is 10.1 Å². The van der Waals surface area contributed by atoms with Gasteiger partial charge in [-0.2, -0.15) is 0 Å². The average molecular weight is 135 g/mol. The van der Waals surface area contributed by atoms with Gasteiger partial charge in [0.25, 0.3) is 0 Å². The van der Waals surface area contributed by atoms with Crippen LogP contribution in [0.3, 0.4) is 0 Å². The molecular formula is C6H6AlNO. The fourth-order valence-corrected chi connectivity index (χ4v) is 0.893. The Morgan fingerprint density at radius 2 is 2.44 bits per heavy atom. The molecule has 0 amide bonds. The summed E-state index contributed by atoms with van der Waals surface area (Å²) in [5.74, 6) is 0. The number of nitrogens with zero attached hydrogens (tertiary/aromatic N) is 1. The van der Waals surface area contributed by atoms with Crippen LogP contribution in [0.2, 0.25) is 0 Å². The Morgan fingerprint density at radius 1 is 1.67 bits per heavy atom. The Labute approximate surface area is 62.0 Å². The van der Waals surface area contributed by atoms with Crippen molar-refractivity contribution in [3.8, 4) is 0 Å². The van der Waals surface area contributed by atoms with Crippen LogP contribution in [0.5, 0.6) is 0 Å². The van der Waals surface area contributed by atoms with E-state index in [1.807, 2.05) is 6.07 Å². The van der Waals surface area contributed by atoms with E-state index in [1.165, 1.54) is 0 Å². The molecule has 44 valence electrons. The monoisotopic (exact) mass is 135 g/mol. The van der Waals surface area contributed by atoms with Gasteiger partial charge in [0.1, 0.15) is 0 Å². The molecule has 0 unspecified atom stereocenters. The first kappa shape index (κ1) is 6.76. The minimum absolute atomic E-state index is 0.0872. The lowest BCUT2D eigenvalue weighted by atomic mass is 10.3. The van der Waals surface area contributed by atoms with Crippen LogP contribution >= 0.6 is 0 Å². The zero-order valence-electron chi connectivity index (χ0n) is 4.91. The van der Waals surface area contributed by atoms with E-state index in [9.17, 15) is 0 Å². The van der Waals surface area contributed by atoms with Crippen molar-refractivity contribution < 1.29 is 5.11 Å². The van der Waals surface area contributed by atoms with Gasteiger partial charge in [-0.15, -0.1) is 0 Å². The summed E-state index contributed by atoms with van der Waals surface area (Å²) in [5, 5.41) is 8.62. The minimum Gasteiger partial charge on any atom is -0.392 e. The summed E-state index contributed by atoms with van der Waals surface area (Å²) < 4.78 is 0.863. The van der Waals surface area contributed by atoms with E-state index >= 15 is 0 Å². The summed E-state index contributed by atoms with van der Waals surface area (Å²) in [6, 6.07) is 3.61. The second kappa shape index (κ2) is 2.98. The summed E-state index contributed by atoms with van der Waals surface area (Å²) in [6.07, 6.45) is 1.67. The van der Waals surface area contributed by atoms with Gasteiger partial charge < -0.3 is 5.11 Å². The molecule has 0 atom stereocenters. The summed E-state index contributed by atoms with van der Waals surface area (Å²) in [7, 11) is 0. The number of aromatic nitrogens is 1. The van der Waals surface area contributed by atoms with E-state index in [2.05, 4.69) is 21.3 Å². The maximum atomic E-state index is 8.62. The smallest absolute Gasteiger partial charge is 0.209 e. The van der Waals surface area contributed by atoms with Crippen LogP contribution in [-0.4, -0.2) is 26.4 Å². The van der Waals surface area contributed by atoms with Crippen LogP contribution < -0.4 is 4.56 Å². The van der Waals surface area contributed by atoms with Crippen molar-refractivity contribution in [3.05, 3.63) is 23.9 Å². The molecule has 1 N–H and O–H groups in total. The normalized spacial score (nSPS) is 9.44. The fourth-order valence-electron chi connectivity index (χ4n) is 0.593. The van der Waals surface area contributed by atoms with E-state index in [0.29, 0.717) is 0 Å². The maximum Gasteiger partial charge on any atom is 0.209 e. The predicted octanol–water partition coefficient (Wildman–Crippen LogP) is -0.632. The topological polar surface area (TPSA) is 33.1 Å². The second-order valence-electron chi connectivity index (χ2n) is 1.75. The zero-order chi connectivity index (χ0) is 6.69. The third kappa shape index (κ3) is 1.80. The lowest BCUT2D eigenvalue weighted by Crippen LogP contribution is -2.07. The molecule has 3 heteroatoms. The van der Waals surface area contributed by atoms with Crippen molar-refractivity contribution in [1.82, 2.24) is 4.98 Å². The lowest BCUT2D eigenvalue weighted by Gasteiger charge is -1.95. The minimum atomic E-state index is 0.0872. The first-order valence-electron chi connectivity index (χ1n) is 2.64. The van der Waals surface area contributed by atoms with Crippen LogP contribution in [0.4, 0.5) is 0 Å². The van der Waals surface area contributed by atoms with Crippen molar-refractivity contribution in [2.24, 2.45) is 0 Å². The van der Waals surface area contributed by atoms with Crippen molar-refractivity contribution in [3.63, 3.8) is 0 Å². The number of aliphatic hydroxyl groups excluding tert-OH is 1. The van der Waals surface area contributed by atoms with Gasteiger partial charge in [-0.25, -0.2) is 0 Å². The highest BCUT2D eigenvalue weighted by Gasteiger charge is 1.87. The third-order valence-corrected chi connectivity index (χ3v) is 1.34. The Morgan fingerprint density at radius 3 is 2.89 bits per heavy atom. The Kier molecular flexibility index (Phi) is 2.24. The van der Waals surface area contributed by atoms with Gasteiger partial charge in [0.2, 0.25) is 16.3 Å². The second-order valence-corrected chi connectivity index (χ2v) is 2.34. The predicted molar refractivity (Wildman–Crippen MR) is 35.5 cm³/mol. The molecule has 2 nitrogen and oxygen atoms in total. The van der Waals surface area contributed by atoms with Crippen LogP contribution in [0, 0.1) is 0 Å². The van der Waals surface area contributed by atoms with Crippen molar-refractivity contribution in [1.29, 1.82) is 0 Å². The van der Waals surface area contributed by atoms with Gasteiger partial charge in [0, 0.05) is 6.20 Å². The summed E-state index contributed by atoms with van der Waals surface area (Å²) in [4.78, 5) is 3.94. The van der Waals surface area contributed by atoms with Crippen LogP contribution in [0.1, 0.15) is 5.56 Å². The molecule has 0 aliphatic rings. The Balaban J connectivity index is 2.94. The molecule has 0 spiro atoms. The molecule has 9 heavy (non-hydrogen) atoms. The van der Waals surface area contributed by atoms with Crippen LogP contribution in [0.25, 0.3) is 0 Å². The number of hydrogen-bond acceptors (Lipinski definition) is 2. The quantitative estimate of drug-likeness (QED) is 0.520. The van der Waals surface area contributed by atoms with Crippen LogP contribution in [0.15, 0.2) is 18.3 Å².